The fourth-order valence-corrected chi connectivity index (χ4v) is 2.83. The number of carbonyl (C=O) groups excluding carboxylic acids is 1. The summed E-state index contributed by atoms with van der Waals surface area (Å²) in [5, 5.41) is 6.01. The molecule has 0 unspecified atom stereocenters. The van der Waals surface area contributed by atoms with Gasteiger partial charge in [0.25, 0.3) is 0 Å². The lowest BCUT2D eigenvalue weighted by molar-refractivity contribution is -0.120. The second-order valence-electron chi connectivity index (χ2n) is 5.19. The highest BCUT2D eigenvalue weighted by Crippen LogP contribution is 2.20. The first-order chi connectivity index (χ1) is 9.35. The van der Waals surface area contributed by atoms with E-state index < -0.39 is 10.0 Å². The van der Waals surface area contributed by atoms with Crippen LogP contribution in [0.25, 0.3) is 0 Å². The molecule has 3 N–H and O–H groups in total. The predicted octanol–water partition coefficient (Wildman–Crippen LogP) is 0.852. The number of rotatable bonds is 4. The molecule has 1 fully saturated rings. The molecule has 1 aromatic carbocycles. The number of hydrogen-bond donors (Lipinski definition) is 3. The summed E-state index contributed by atoms with van der Waals surface area (Å²) in [4.78, 5) is 12.1. The van der Waals surface area contributed by atoms with E-state index in [9.17, 15) is 13.2 Å². The highest BCUT2D eigenvalue weighted by atomic mass is 32.2. The van der Waals surface area contributed by atoms with Crippen LogP contribution in [0, 0.1) is 11.8 Å². The van der Waals surface area contributed by atoms with E-state index in [1.807, 2.05) is 6.92 Å². The second-order valence-corrected chi connectivity index (χ2v) is 6.93. The van der Waals surface area contributed by atoms with Crippen molar-refractivity contribution in [1.82, 2.24) is 5.32 Å². The van der Waals surface area contributed by atoms with E-state index in [1.54, 1.807) is 24.3 Å². The van der Waals surface area contributed by atoms with Crippen molar-refractivity contribution in [2.24, 2.45) is 11.8 Å². The monoisotopic (exact) mass is 297 g/mol. The number of carbonyl (C=O) groups is 1. The molecule has 110 valence electrons. The van der Waals surface area contributed by atoms with Gasteiger partial charge in [-0.05, 0) is 30.7 Å². The number of hydrogen-bond acceptors (Lipinski definition) is 4. The summed E-state index contributed by atoms with van der Waals surface area (Å²) in [7, 11) is -3.32. The predicted molar refractivity (Wildman–Crippen MR) is 79.1 cm³/mol. The Balaban J connectivity index is 2.06. The van der Waals surface area contributed by atoms with Gasteiger partial charge in [-0.1, -0.05) is 13.0 Å². The maximum Gasteiger partial charge on any atom is 0.229 e. The molecule has 1 aromatic rings. The van der Waals surface area contributed by atoms with Crippen LogP contribution in [-0.4, -0.2) is 33.7 Å². The van der Waals surface area contributed by atoms with Crippen molar-refractivity contribution in [3.05, 3.63) is 24.3 Å². The first-order valence-corrected chi connectivity index (χ1v) is 8.34. The van der Waals surface area contributed by atoms with Gasteiger partial charge in [-0.15, -0.1) is 0 Å². The van der Waals surface area contributed by atoms with E-state index in [4.69, 9.17) is 0 Å². The molecule has 1 amide bonds. The Labute approximate surface area is 119 Å². The Hall–Kier alpha value is -1.60. The zero-order valence-corrected chi connectivity index (χ0v) is 12.3. The standard InChI is InChI=1S/C13H19N3O3S/c1-9-7-14-8-12(9)13(17)15-10-4-3-5-11(6-10)16-20(2,18)19/h3-6,9,12,14,16H,7-8H2,1-2H3,(H,15,17)/t9-,12-/m1/s1. The minimum Gasteiger partial charge on any atom is -0.326 e. The van der Waals surface area contributed by atoms with Crippen molar-refractivity contribution in [2.75, 3.05) is 29.4 Å². The molecule has 0 bridgehead atoms. The molecule has 0 spiro atoms. The van der Waals surface area contributed by atoms with Crippen LogP contribution in [0.15, 0.2) is 24.3 Å². The molecule has 2 rings (SSSR count). The lowest BCUT2D eigenvalue weighted by Gasteiger charge is -2.14. The smallest absolute Gasteiger partial charge is 0.229 e. The summed E-state index contributed by atoms with van der Waals surface area (Å²) in [5.41, 5.74) is 1.02. The van der Waals surface area contributed by atoms with E-state index in [0.29, 0.717) is 23.8 Å². The summed E-state index contributed by atoms with van der Waals surface area (Å²) in [5.74, 6) is 0.202. The number of nitrogens with one attached hydrogen (secondary N) is 3. The topological polar surface area (TPSA) is 87.3 Å². The Morgan fingerprint density at radius 1 is 1.30 bits per heavy atom. The van der Waals surface area contributed by atoms with Crippen molar-refractivity contribution in [3.63, 3.8) is 0 Å². The first-order valence-electron chi connectivity index (χ1n) is 6.44. The molecule has 1 heterocycles. The molecule has 20 heavy (non-hydrogen) atoms. The highest BCUT2D eigenvalue weighted by molar-refractivity contribution is 7.92. The average Bonchev–Trinajstić information content (AvgIpc) is 2.73. The van der Waals surface area contributed by atoms with E-state index in [0.717, 1.165) is 12.8 Å². The van der Waals surface area contributed by atoms with E-state index in [2.05, 4.69) is 15.4 Å². The summed E-state index contributed by atoms with van der Waals surface area (Å²) in [6.07, 6.45) is 1.09. The van der Waals surface area contributed by atoms with Crippen LogP contribution in [0.3, 0.4) is 0 Å². The van der Waals surface area contributed by atoms with Crippen LogP contribution >= 0.6 is 0 Å². The molecule has 0 saturated carbocycles. The van der Waals surface area contributed by atoms with Gasteiger partial charge in [-0.2, -0.15) is 0 Å². The van der Waals surface area contributed by atoms with Crippen molar-refractivity contribution in [3.8, 4) is 0 Å². The van der Waals surface area contributed by atoms with Gasteiger partial charge in [0.1, 0.15) is 0 Å². The van der Waals surface area contributed by atoms with Crippen molar-refractivity contribution in [1.29, 1.82) is 0 Å². The molecule has 0 radical (unpaired) electrons. The van der Waals surface area contributed by atoms with Crippen molar-refractivity contribution < 1.29 is 13.2 Å². The lowest BCUT2D eigenvalue weighted by Crippen LogP contribution is -2.27. The van der Waals surface area contributed by atoms with Crippen LogP contribution in [0.1, 0.15) is 6.92 Å². The van der Waals surface area contributed by atoms with E-state index >= 15 is 0 Å². The number of sulfonamides is 1. The number of anilines is 2. The molecule has 1 aliphatic heterocycles. The van der Waals surface area contributed by atoms with Crippen LogP contribution in [0.4, 0.5) is 11.4 Å². The fraction of sp³-hybridized carbons (Fsp3) is 0.462. The SMILES string of the molecule is C[C@@H]1CNC[C@H]1C(=O)Nc1cccc(NS(C)(=O)=O)c1. The van der Waals surface area contributed by atoms with Crippen LogP contribution in [-0.2, 0) is 14.8 Å². The third-order valence-electron chi connectivity index (χ3n) is 3.29. The zero-order valence-electron chi connectivity index (χ0n) is 11.5. The van der Waals surface area contributed by atoms with E-state index in [-0.39, 0.29) is 11.8 Å². The Bertz CT molecular complexity index is 601. The van der Waals surface area contributed by atoms with Gasteiger partial charge in [0.15, 0.2) is 0 Å². The molecule has 1 aliphatic rings. The van der Waals surface area contributed by atoms with Crippen LogP contribution < -0.4 is 15.4 Å². The molecular formula is C13H19N3O3S. The van der Waals surface area contributed by atoms with Gasteiger partial charge in [-0.3, -0.25) is 9.52 Å². The van der Waals surface area contributed by atoms with Crippen LogP contribution in [0.2, 0.25) is 0 Å². The minimum atomic E-state index is -3.32. The number of amides is 1. The van der Waals surface area contributed by atoms with Gasteiger partial charge in [0.2, 0.25) is 15.9 Å². The van der Waals surface area contributed by atoms with Crippen molar-refractivity contribution >= 4 is 27.3 Å². The molecule has 6 nitrogen and oxygen atoms in total. The van der Waals surface area contributed by atoms with Gasteiger partial charge in [0, 0.05) is 12.2 Å². The first kappa shape index (κ1) is 14.8. The number of benzene rings is 1. The highest BCUT2D eigenvalue weighted by Gasteiger charge is 2.29. The molecule has 2 atom stereocenters. The largest absolute Gasteiger partial charge is 0.326 e. The molecular weight excluding hydrogens is 278 g/mol. The van der Waals surface area contributed by atoms with Gasteiger partial charge < -0.3 is 10.6 Å². The Kier molecular flexibility index (Phi) is 4.29. The Morgan fingerprint density at radius 3 is 2.60 bits per heavy atom. The lowest BCUT2D eigenvalue weighted by atomic mass is 9.97. The Morgan fingerprint density at radius 2 is 2.00 bits per heavy atom. The fourth-order valence-electron chi connectivity index (χ4n) is 2.27. The average molecular weight is 297 g/mol. The summed E-state index contributed by atoms with van der Waals surface area (Å²) in [6.45, 7) is 3.55. The molecule has 0 aliphatic carbocycles. The summed E-state index contributed by atoms with van der Waals surface area (Å²) >= 11 is 0. The molecule has 1 saturated heterocycles. The maximum absolute atomic E-state index is 12.1. The van der Waals surface area contributed by atoms with Gasteiger partial charge in [-0.25, -0.2) is 8.42 Å². The maximum atomic E-state index is 12.1. The molecule has 7 heteroatoms. The van der Waals surface area contributed by atoms with E-state index in [1.165, 1.54) is 0 Å². The third kappa shape index (κ3) is 3.94. The second kappa shape index (κ2) is 5.80. The van der Waals surface area contributed by atoms with Crippen LogP contribution in [0.5, 0.6) is 0 Å². The van der Waals surface area contributed by atoms with Gasteiger partial charge in [0.05, 0.1) is 17.9 Å². The van der Waals surface area contributed by atoms with Crippen molar-refractivity contribution in [2.45, 2.75) is 6.92 Å². The quantitative estimate of drug-likeness (QED) is 0.769. The normalized spacial score (nSPS) is 22.5. The third-order valence-corrected chi connectivity index (χ3v) is 3.89. The zero-order chi connectivity index (χ0) is 14.8. The summed E-state index contributed by atoms with van der Waals surface area (Å²) < 4.78 is 24.7. The minimum absolute atomic E-state index is 0.0426. The summed E-state index contributed by atoms with van der Waals surface area (Å²) in [6, 6.07) is 6.67. The molecule has 0 aromatic heterocycles. The van der Waals surface area contributed by atoms with Gasteiger partial charge >= 0.3 is 0 Å².